The second-order valence-corrected chi connectivity index (χ2v) is 4.36. The first kappa shape index (κ1) is 15.1. The van der Waals surface area contributed by atoms with E-state index in [1.807, 2.05) is 0 Å². The zero-order valence-electron chi connectivity index (χ0n) is 10.8. The molecule has 2 rings (SSSR count). The lowest BCUT2D eigenvalue weighted by Gasteiger charge is -2.08. The van der Waals surface area contributed by atoms with Gasteiger partial charge in [-0.25, -0.2) is 4.79 Å². The maximum Gasteiger partial charge on any atom is 0.416 e. The molecule has 1 heterocycles. The van der Waals surface area contributed by atoms with Gasteiger partial charge in [-0.1, -0.05) is 12.1 Å². The molecule has 0 saturated heterocycles. The van der Waals surface area contributed by atoms with Crippen molar-refractivity contribution < 1.29 is 27.5 Å². The van der Waals surface area contributed by atoms with E-state index in [1.165, 1.54) is 24.5 Å². The molecule has 112 valence electrons. The summed E-state index contributed by atoms with van der Waals surface area (Å²) in [5.41, 5.74) is 0.0202. The third-order valence-electron chi connectivity index (χ3n) is 2.87. The molecule has 21 heavy (non-hydrogen) atoms. The van der Waals surface area contributed by atoms with E-state index in [0.717, 1.165) is 12.1 Å². The fourth-order valence-electron chi connectivity index (χ4n) is 1.80. The van der Waals surface area contributed by atoms with Crippen molar-refractivity contribution in [3.8, 4) is 0 Å². The van der Waals surface area contributed by atoms with Gasteiger partial charge in [-0.05, 0) is 23.8 Å². The summed E-state index contributed by atoms with van der Waals surface area (Å²) in [6, 6.07) is 6.10. The van der Waals surface area contributed by atoms with E-state index < -0.39 is 17.7 Å². The van der Waals surface area contributed by atoms with Gasteiger partial charge in [-0.3, -0.25) is 0 Å². The summed E-state index contributed by atoms with van der Waals surface area (Å²) in [5, 5.41) is 11.8. The lowest BCUT2D eigenvalue weighted by molar-refractivity contribution is -0.137. The van der Waals surface area contributed by atoms with Crippen LogP contribution in [0.15, 0.2) is 41.0 Å². The number of carbonyl (C=O) groups is 1. The van der Waals surface area contributed by atoms with Crippen molar-refractivity contribution in [2.75, 3.05) is 0 Å². The highest BCUT2D eigenvalue weighted by atomic mass is 19.4. The topological polar surface area (TPSA) is 62.5 Å². The standard InChI is InChI=1S/C14H12F3NO3/c15-14(16,17)10-3-1-9(2-4-10)7-18-8-12-11(13(19)20)5-6-21-12/h1-6,18H,7-8H2,(H,19,20). The molecular formula is C14H12F3NO3. The monoisotopic (exact) mass is 299 g/mol. The molecule has 0 aliphatic heterocycles. The number of furan rings is 1. The lowest BCUT2D eigenvalue weighted by atomic mass is 10.1. The molecule has 0 radical (unpaired) electrons. The molecule has 0 aliphatic carbocycles. The number of carboxylic acids is 1. The fraction of sp³-hybridized carbons (Fsp3) is 0.214. The van der Waals surface area contributed by atoms with Crippen LogP contribution in [0.5, 0.6) is 0 Å². The molecule has 0 atom stereocenters. The summed E-state index contributed by atoms with van der Waals surface area (Å²) in [4.78, 5) is 10.9. The van der Waals surface area contributed by atoms with Gasteiger partial charge in [0.15, 0.2) is 0 Å². The van der Waals surface area contributed by atoms with Crippen molar-refractivity contribution in [3.63, 3.8) is 0 Å². The van der Waals surface area contributed by atoms with E-state index in [-0.39, 0.29) is 17.9 Å². The Morgan fingerprint density at radius 3 is 2.38 bits per heavy atom. The quantitative estimate of drug-likeness (QED) is 0.889. The number of hydrogen-bond donors (Lipinski definition) is 2. The average molecular weight is 299 g/mol. The molecule has 0 saturated carbocycles. The van der Waals surface area contributed by atoms with Gasteiger partial charge in [-0.15, -0.1) is 0 Å². The molecule has 1 aromatic carbocycles. The number of aromatic carboxylic acids is 1. The van der Waals surface area contributed by atoms with E-state index in [2.05, 4.69) is 5.32 Å². The second kappa shape index (κ2) is 6.01. The van der Waals surface area contributed by atoms with E-state index in [4.69, 9.17) is 9.52 Å². The molecule has 0 bridgehead atoms. The van der Waals surface area contributed by atoms with Crippen LogP contribution < -0.4 is 5.32 Å². The number of rotatable bonds is 5. The van der Waals surface area contributed by atoms with Crippen molar-refractivity contribution in [2.45, 2.75) is 19.3 Å². The van der Waals surface area contributed by atoms with E-state index >= 15 is 0 Å². The van der Waals surface area contributed by atoms with Gasteiger partial charge in [0.25, 0.3) is 0 Å². The predicted molar refractivity (Wildman–Crippen MR) is 67.7 cm³/mol. The number of benzene rings is 1. The smallest absolute Gasteiger partial charge is 0.416 e. The summed E-state index contributed by atoms with van der Waals surface area (Å²) in [6.07, 6.45) is -3.07. The minimum atomic E-state index is -4.35. The highest BCUT2D eigenvalue weighted by Gasteiger charge is 2.29. The van der Waals surface area contributed by atoms with Gasteiger partial charge in [0.1, 0.15) is 11.3 Å². The summed E-state index contributed by atoms with van der Waals surface area (Å²) >= 11 is 0. The van der Waals surface area contributed by atoms with Crippen LogP contribution in [0.2, 0.25) is 0 Å². The Morgan fingerprint density at radius 1 is 1.14 bits per heavy atom. The van der Waals surface area contributed by atoms with Gasteiger partial charge in [0, 0.05) is 6.54 Å². The van der Waals surface area contributed by atoms with Crippen LogP contribution in [0.4, 0.5) is 13.2 Å². The molecule has 4 nitrogen and oxygen atoms in total. The van der Waals surface area contributed by atoms with Gasteiger partial charge in [0.2, 0.25) is 0 Å². The van der Waals surface area contributed by atoms with Gasteiger partial charge in [0.05, 0.1) is 18.4 Å². The Morgan fingerprint density at radius 2 is 1.81 bits per heavy atom. The van der Waals surface area contributed by atoms with Crippen LogP contribution in [0.25, 0.3) is 0 Å². The van der Waals surface area contributed by atoms with Crippen LogP contribution in [-0.2, 0) is 19.3 Å². The maximum atomic E-state index is 12.4. The molecule has 1 aromatic heterocycles. The molecule has 0 amide bonds. The Bertz CT molecular complexity index is 617. The lowest BCUT2D eigenvalue weighted by Crippen LogP contribution is -2.14. The molecule has 0 aliphatic rings. The molecule has 2 N–H and O–H groups in total. The first-order valence-electron chi connectivity index (χ1n) is 6.04. The number of halogens is 3. The summed E-state index contributed by atoms with van der Waals surface area (Å²) < 4.78 is 42.2. The van der Waals surface area contributed by atoms with E-state index in [9.17, 15) is 18.0 Å². The van der Waals surface area contributed by atoms with E-state index in [1.54, 1.807) is 0 Å². The summed E-state index contributed by atoms with van der Waals surface area (Å²) in [7, 11) is 0. The molecule has 2 aromatic rings. The Hall–Kier alpha value is -2.28. The van der Waals surface area contributed by atoms with Crippen molar-refractivity contribution in [1.29, 1.82) is 0 Å². The highest BCUT2D eigenvalue weighted by molar-refractivity contribution is 5.88. The largest absolute Gasteiger partial charge is 0.478 e. The fourth-order valence-corrected chi connectivity index (χ4v) is 1.80. The summed E-state index contributed by atoms with van der Waals surface area (Å²) in [6.45, 7) is 0.480. The molecule has 0 spiro atoms. The van der Waals surface area contributed by atoms with Crippen LogP contribution in [-0.4, -0.2) is 11.1 Å². The number of nitrogens with one attached hydrogen (secondary N) is 1. The number of alkyl halides is 3. The number of carboxylic acid groups (broad SMARTS) is 1. The van der Waals surface area contributed by atoms with Crippen LogP contribution in [0, 0.1) is 0 Å². The van der Waals surface area contributed by atoms with Crippen molar-refractivity contribution in [3.05, 3.63) is 59.0 Å². The number of hydrogen-bond acceptors (Lipinski definition) is 3. The maximum absolute atomic E-state index is 12.4. The highest BCUT2D eigenvalue weighted by Crippen LogP contribution is 2.29. The SMILES string of the molecule is O=C(O)c1ccoc1CNCc1ccc(C(F)(F)F)cc1. The zero-order valence-corrected chi connectivity index (χ0v) is 10.8. The first-order valence-corrected chi connectivity index (χ1v) is 6.04. The minimum Gasteiger partial charge on any atom is -0.478 e. The zero-order chi connectivity index (χ0) is 15.5. The van der Waals surface area contributed by atoms with Crippen LogP contribution in [0.3, 0.4) is 0 Å². The van der Waals surface area contributed by atoms with Gasteiger partial charge >= 0.3 is 12.1 Å². The van der Waals surface area contributed by atoms with Gasteiger partial charge in [-0.2, -0.15) is 13.2 Å². The Labute approximate surface area is 118 Å². The molecular weight excluding hydrogens is 287 g/mol. The summed E-state index contributed by atoms with van der Waals surface area (Å²) in [5.74, 6) is -0.815. The average Bonchev–Trinajstić information content (AvgIpc) is 2.87. The predicted octanol–water partition coefficient (Wildman–Crippen LogP) is 3.29. The first-order chi connectivity index (χ1) is 9.88. The van der Waals surface area contributed by atoms with Crippen molar-refractivity contribution in [1.82, 2.24) is 5.32 Å². The molecule has 0 fully saturated rings. The molecule has 0 unspecified atom stereocenters. The third kappa shape index (κ3) is 3.85. The minimum absolute atomic E-state index is 0.0647. The van der Waals surface area contributed by atoms with Gasteiger partial charge < -0.3 is 14.8 Å². The normalized spacial score (nSPS) is 11.6. The Balaban J connectivity index is 1.92. The van der Waals surface area contributed by atoms with E-state index in [0.29, 0.717) is 12.1 Å². The molecule has 7 heteroatoms. The second-order valence-electron chi connectivity index (χ2n) is 4.36. The van der Waals surface area contributed by atoms with Crippen LogP contribution in [0.1, 0.15) is 27.2 Å². The van der Waals surface area contributed by atoms with Crippen molar-refractivity contribution >= 4 is 5.97 Å². The van der Waals surface area contributed by atoms with Crippen LogP contribution >= 0.6 is 0 Å². The van der Waals surface area contributed by atoms with Crippen molar-refractivity contribution in [2.24, 2.45) is 0 Å². The Kier molecular flexibility index (Phi) is 4.32. The third-order valence-corrected chi connectivity index (χ3v) is 2.87.